The summed E-state index contributed by atoms with van der Waals surface area (Å²) in [4.78, 5) is 17.3. The summed E-state index contributed by atoms with van der Waals surface area (Å²) < 4.78 is 0. The highest BCUT2D eigenvalue weighted by atomic mass is 32.1. The van der Waals surface area contributed by atoms with Crippen LogP contribution in [0.25, 0.3) is 0 Å². The van der Waals surface area contributed by atoms with Gasteiger partial charge in [-0.25, -0.2) is 0 Å². The average Bonchev–Trinajstić information content (AvgIpc) is 3.33. The number of likely N-dealkylation sites (tertiary alicyclic amines) is 1. The second-order valence-corrected chi connectivity index (χ2v) is 9.19. The summed E-state index contributed by atoms with van der Waals surface area (Å²) in [6.45, 7) is 4.07. The van der Waals surface area contributed by atoms with Gasteiger partial charge in [0.2, 0.25) is 0 Å². The molecule has 1 amide bonds. The first-order valence-electron chi connectivity index (χ1n) is 10.2. The lowest BCUT2D eigenvalue weighted by atomic mass is 9.90. The topological polar surface area (TPSA) is 23.6 Å². The van der Waals surface area contributed by atoms with E-state index in [-0.39, 0.29) is 5.91 Å². The lowest BCUT2D eigenvalue weighted by Gasteiger charge is -2.29. The fraction of sp³-hybridized carbons (Fsp3) is 0.522. The molecule has 4 heteroatoms. The molecule has 3 nitrogen and oxygen atoms in total. The Morgan fingerprint density at radius 2 is 1.74 bits per heavy atom. The molecule has 1 aliphatic carbocycles. The molecule has 2 aromatic rings. The standard InChI is InChI=1S/C23H30N2OS/c1-24-11-8-19(9-12-24)14-18-2-4-20(5-3-18)15-25(16-21-6-7-21)23(26)22-10-13-27-17-22/h2-5,10,13,17,19,21H,6-9,11-12,14-16H2,1H3. The fourth-order valence-corrected chi connectivity index (χ4v) is 4.63. The maximum Gasteiger partial charge on any atom is 0.255 e. The molecule has 1 saturated carbocycles. The highest BCUT2D eigenvalue weighted by Crippen LogP contribution is 2.31. The van der Waals surface area contributed by atoms with E-state index in [1.807, 2.05) is 21.7 Å². The molecule has 1 aromatic carbocycles. The first kappa shape index (κ1) is 18.7. The van der Waals surface area contributed by atoms with Gasteiger partial charge in [-0.2, -0.15) is 11.3 Å². The predicted molar refractivity (Wildman–Crippen MR) is 112 cm³/mol. The minimum Gasteiger partial charge on any atom is -0.334 e. The van der Waals surface area contributed by atoms with Crippen molar-refractivity contribution in [1.82, 2.24) is 9.80 Å². The number of carbonyl (C=O) groups excluding carboxylic acids is 1. The molecule has 0 radical (unpaired) electrons. The third kappa shape index (κ3) is 5.20. The summed E-state index contributed by atoms with van der Waals surface area (Å²) in [5.41, 5.74) is 3.51. The van der Waals surface area contributed by atoms with Crippen LogP contribution in [-0.2, 0) is 13.0 Å². The number of nitrogens with zero attached hydrogens (tertiary/aromatic N) is 2. The van der Waals surface area contributed by atoms with Gasteiger partial charge in [-0.3, -0.25) is 4.79 Å². The molecule has 144 valence electrons. The third-order valence-corrected chi connectivity index (χ3v) is 6.67. The number of amides is 1. The first-order chi connectivity index (χ1) is 13.2. The smallest absolute Gasteiger partial charge is 0.255 e. The van der Waals surface area contributed by atoms with Gasteiger partial charge >= 0.3 is 0 Å². The van der Waals surface area contributed by atoms with Crippen LogP contribution in [0, 0.1) is 11.8 Å². The highest BCUT2D eigenvalue weighted by molar-refractivity contribution is 7.08. The maximum atomic E-state index is 12.9. The predicted octanol–water partition coefficient (Wildman–Crippen LogP) is 4.68. The Morgan fingerprint density at radius 1 is 1.04 bits per heavy atom. The number of benzene rings is 1. The first-order valence-corrected chi connectivity index (χ1v) is 11.2. The number of piperidine rings is 1. The molecule has 1 aromatic heterocycles. The lowest BCUT2D eigenvalue weighted by molar-refractivity contribution is 0.0735. The molecule has 2 aliphatic rings. The molecule has 4 rings (SSSR count). The van der Waals surface area contributed by atoms with Gasteiger partial charge in [-0.1, -0.05) is 24.3 Å². The minimum atomic E-state index is 0.179. The molecule has 0 spiro atoms. The molecule has 0 atom stereocenters. The van der Waals surface area contributed by atoms with Crippen LogP contribution >= 0.6 is 11.3 Å². The van der Waals surface area contributed by atoms with E-state index in [4.69, 9.17) is 0 Å². The molecule has 2 heterocycles. The van der Waals surface area contributed by atoms with E-state index in [2.05, 4.69) is 36.2 Å². The Kier molecular flexibility index (Phi) is 5.94. The molecular weight excluding hydrogens is 352 g/mol. The van der Waals surface area contributed by atoms with Gasteiger partial charge < -0.3 is 9.80 Å². The molecule has 1 saturated heterocycles. The Morgan fingerprint density at radius 3 is 2.37 bits per heavy atom. The number of hydrogen-bond acceptors (Lipinski definition) is 3. The third-order valence-electron chi connectivity index (χ3n) is 5.99. The van der Waals surface area contributed by atoms with E-state index in [1.54, 1.807) is 11.3 Å². The van der Waals surface area contributed by atoms with Crippen molar-refractivity contribution in [2.75, 3.05) is 26.7 Å². The molecule has 2 fully saturated rings. The Hall–Kier alpha value is -1.65. The van der Waals surface area contributed by atoms with Gasteiger partial charge in [0.1, 0.15) is 0 Å². The normalized spacial score (nSPS) is 18.6. The largest absolute Gasteiger partial charge is 0.334 e. The van der Waals surface area contributed by atoms with Crippen LogP contribution in [-0.4, -0.2) is 42.4 Å². The van der Waals surface area contributed by atoms with Crippen LogP contribution in [0.15, 0.2) is 41.1 Å². The summed E-state index contributed by atoms with van der Waals surface area (Å²) in [5.74, 6) is 1.70. The van der Waals surface area contributed by atoms with E-state index in [1.165, 1.54) is 56.3 Å². The SMILES string of the molecule is CN1CCC(Cc2ccc(CN(CC3CC3)C(=O)c3ccsc3)cc2)CC1. The Bertz CT molecular complexity index is 728. The van der Waals surface area contributed by atoms with Crippen molar-refractivity contribution in [1.29, 1.82) is 0 Å². The molecule has 0 bridgehead atoms. The van der Waals surface area contributed by atoms with Gasteiger partial charge in [0, 0.05) is 18.5 Å². The van der Waals surface area contributed by atoms with Crippen molar-refractivity contribution in [3.63, 3.8) is 0 Å². The average molecular weight is 383 g/mol. The summed E-state index contributed by atoms with van der Waals surface area (Å²) in [5, 5.41) is 3.95. The van der Waals surface area contributed by atoms with E-state index in [0.717, 1.165) is 24.6 Å². The summed E-state index contributed by atoms with van der Waals surface area (Å²) in [7, 11) is 2.22. The monoisotopic (exact) mass is 382 g/mol. The second-order valence-electron chi connectivity index (χ2n) is 8.41. The zero-order valence-electron chi connectivity index (χ0n) is 16.3. The molecule has 27 heavy (non-hydrogen) atoms. The summed E-state index contributed by atoms with van der Waals surface area (Å²) in [6, 6.07) is 10.9. The van der Waals surface area contributed by atoms with E-state index in [0.29, 0.717) is 5.92 Å². The van der Waals surface area contributed by atoms with Crippen LogP contribution in [0.5, 0.6) is 0 Å². The number of carbonyl (C=O) groups is 1. The van der Waals surface area contributed by atoms with Gasteiger partial charge in [0.05, 0.1) is 5.56 Å². The van der Waals surface area contributed by atoms with E-state index in [9.17, 15) is 4.79 Å². The molecule has 1 aliphatic heterocycles. The zero-order valence-corrected chi connectivity index (χ0v) is 17.1. The van der Waals surface area contributed by atoms with Crippen molar-refractivity contribution < 1.29 is 4.79 Å². The van der Waals surface area contributed by atoms with Gasteiger partial charge in [0.15, 0.2) is 0 Å². The van der Waals surface area contributed by atoms with Crippen molar-refractivity contribution in [2.45, 2.75) is 38.6 Å². The quantitative estimate of drug-likeness (QED) is 0.694. The van der Waals surface area contributed by atoms with Crippen molar-refractivity contribution >= 4 is 17.2 Å². The van der Waals surface area contributed by atoms with E-state index < -0.39 is 0 Å². The minimum absolute atomic E-state index is 0.179. The van der Waals surface area contributed by atoms with Crippen LogP contribution < -0.4 is 0 Å². The molecule has 0 N–H and O–H groups in total. The highest BCUT2D eigenvalue weighted by Gasteiger charge is 2.27. The molecular formula is C23H30N2OS. The number of thiophene rings is 1. The Labute approximate surface area is 167 Å². The fourth-order valence-electron chi connectivity index (χ4n) is 4.00. The second kappa shape index (κ2) is 8.57. The van der Waals surface area contributed by atoms with Crippen LogP contribution in [0.1, 0.15) is 47.2 Å². The zero-order chi connectivity index (χ0) is 18.6. The van der Waals surface area contributed by atoms with Crippen molar-refractivity contribution in [2.24, 2.45) is 11.8 Å². The van der Waals surface area contributed by atoms with Crippen LogP contribution in [0.2, 0.25) is 0 Å². The van der Waals surface area contributed by atoms with Crippen molar-refractivity contribution in [3.8, 4) is 0 Å². The van der Waals surface area contributed by atoms with Crippen LogP contribution in [0.4, 0.5) is 0 Å². The number of rotatable bonds is 7. The Balaban J connectivity index is 1.37. The summed E-state index contributed by atoms with van der Waals surface area (Å²) in [6.07, 6.45) is 6.34. The maximum absolute atomic E-state index is 12.9. The van der Waals surface area contributed by atoms with Gasteiger partial charge in [-0.05, 0) is 86.7 Å². The summed E-state index contributed by atoms with van der Waals surface area (Å²) >= 11 is 1.59. The lowest BCUT2D eigenvalue weighted by Crippen LogP contribution is -2.32. The van der Waals surface area contributed by atoms with Gasteiger partial charge in [-0.15, -0.1) is 0 Å². The van der Waals surface area contributed by atoms with Crippen LogP contribution in [0.3, 0.4) is 0 Å². The van der Waals surface area contributed by atoms with Gasteiger partial charge in [0.25, 0.3) is 5.91 Å². The van der Waals surface area contributed by atoms with Crippen molar-refractivity contribution in [3.05, 3.63) is 57.8 Å². The molecule has 0 unspecified atom stereocenters. The van der Waals surface area contributed by atoms with E-state index >= 15 is 0 Å². The number of hydrogen-bond donors (Lipinski definition) is 0.